The maximum Gasteiger partial charge on any atom is 0.261 e. The number of hydrogen-bond acceptors (Lipinski definition) is 1. The van der Waals surface area contributed by atoms with Gasteiger partial charge in [0.15, 0.2) is 0 Å². The van der Waals surface area contributed by atoms with Crippen molar-refractivity contribution in [1.82, 2.24) is 4.31 Å². The Bertz CT molecular complexity index is 401. The summed E-state index contributed by atoms with van der Waals surface area (Å²) in [5.74, 6) is 0. The van der Waals surface area contributed by atoms with Crippen molar-refractivity contribution in [3.63, 3.8) is 0 Å². The fourth-order valence-corrected chi connectivity index (χ4v) is 1.87. The van der Waals surface area contributed by atoms with Crippen molar-refractivity contribution in [3.05, 3.63) is 60.3 Å². The van der Waals surface area contributed by atoms with Gasteiger partial charge in [-0.15, -0.1) is 0 Å². The Kier molecular flexibility index (Phi) is 4.95. The fraction of sp³-hybridized carbons (Fsp3) is 0.167. The van der Waals surface area contributed by atoms with Crippen molar-refractivity contribution < 1.29 is 8.76 Å². The van der Waals surface area contributed by atoms with Gasteiger partial charge >= 0.3 is 0 Å². The lowest BCUT2D eigenvalue weighted by Gasteiger charge is -2.20. The van der Waals surface area contributed by atoms with Crippen LogP contribution in [0.1, 0.15) is 12.5 Å². The summed E-state index contributed by atoms with van der Waals surface area (Å²) >= 11 is -2.02. The molecule has 0 saturated heterocycles. The molecule has 1 aromatic rings. The van der Waals surface area contributed by atoms with E-state index < -0.39 is 11.3 Å². The van der Waals surface area contributed by atoms with Gasteiger partial charge in [0.1, 0.15) is 0 Å². The van der Waals surface area contributed by atoms with E-state index in [4.69, 9.17) is 0 Å². The lowest BCUT2D eigenvalue weighted by molar-refractivity contribution is 0.450. The quantitative estimate of drug-likeness (QED) is 0.632. The third-order valence-corrected chi connectivity index (χ3v) is 2.90. The van der Waals surface area contributed by atoms with Gasteiger partial charge in [-0.2, -0.15) is 0 Å². The van der Waals surface area contributed by atoms with Crippen LogP contribution in [0.2, 0.25) is 0 Å². The molecule has 0 heterocycles. The van der Waals surface area contributed by atoms with Crippen LogP contribution in [0.25, 0.3) is 0 Å². The van der Waals surface area contributed by atoms with Gasteiger partial charge in [0.05, 0.1) is 6.54 Å². The van der Waals surface area contributed by atoms with Gasteiger partial charge in [0.2, 0.25) is 0 Å². The lowest BCUT2D eigenvalue weighted by atomic mass is 10.2. The van der Waals surface area contributed by atoms with Gasteiger partial charge < -0.3 is 0 Å². The topological polar surface area (TPSA) is 40.5 Å². The van der Waals surface area contributed by atoms with E-state index in [2.05, 4.69) is 6.58 Å². The molecule has 16 heavy (non-hydrogen) atoms. The van der Waals surface area contributed by atoms with Crippen molar-refractivity contribution >= 4 is 11.3 Å². The van der Waals surface area contributed by atoms with Gasteiger partial charge in [-0.1, -0.05) is 43.0 Å². The average molecular weight is 237 g/mol. The molecule has 0 fully saturated rings. The Labute approximate surface area is 98.5 Å². The summed E-state index contributed by atoms with van der Waals surface area (Å²) < 4.78 is 21.8. The molecule has 1 N–H and O–H groups in total. The highest BCUT2D eigenvalue weighted by atomic mass is 32.2. The standard InChI is InChI=1S/C12H15NO2S/c1-3-7-11(2)13(16(14)15)10-12-8-5-4-6-9-12/h3-9H,1,10H2,2H3,(H,14,15)/b11-7+. The minimum Gasteiger partial charge on any atom is -0.289 e. The molecular formula is C12H15NO2S. The molecule has 0 amide bonds. The molecule has 0 radical (unpaired) electrons. The highest BCUT2D eigenvalue weighted by Gasteiger charge is 2.11. The van der Waals surface area contributed by atoms with E-state index in [1.54, 1.807) is 19.1 Å². The van der Waals surface area contributed by atoms with E-state index in [1.807, 2.05) is 30.3 Å². The number of hydrogen-bond donors (Lipinski definition) is 1. The highest BCUT2D eigenvalue weighted by molar-refractivity contribution is 7.76. The van der Waals surface area contributed by atoms with Crippen LogP contribution in [0.15, 0.2) is 54.8 Å². The molecule has 1 unspecified atom stereocenters. The Morgan fingerprint density at radius 2 is 2.12 bits per heavy atom. The summed E-state index contributed by atoms with van der Waals surface area (Å²) in [5.41, 5.74) is 1.70. The second-order valence-electron chi connectivity index (χ2n) is 3.30. The molecule has 0 aliphatic rings. The van der Waals surface area contributed by atoms with Crippen LogP contribution >= 0.6 is 0 Å². The molecule has 0 saturated carbocycles. The largest absolute Gasteiger partial charge is 0.289 e. The van der Waals surface area contributed by atoms with E-state index in [0.29, 0.717) is 12.2 Å². The van der Waals surface area contributed by atoms with Gasteiger partial charge in [-0.25, -0.2) is 4.21 Å². The molecule has 0 aliphatic carbocycles. The van der Waals surface area contributed by atoms with Gasteiger partial charge in [-0.3, -0.25) is 8.86 Å². The molecule has 0 aliphatic heterocycles. The Morgan fingerprint density at radius 1 is 1.50 bits per heavy atom. The zero-order valence-corrected chi connectivity index (χ0v) is 9.98. The number of benzene rings is 1. The third kappa shape index (κ3) is 3.64. The van der Waals surface area contributed by atoms with E-state index in [0.717, 1.165) is 5.56 Å². The molecule has 4 heteroatoms. The second kappa shape index (κ2) is 6.25. The SMILES string of the molecule is C=C/C=C(\C)N(Cc1ccccc1)S(=O)O. The van der Waals surface area contributed by atoms with Crippen molar-refractivity contribution in [2.45, 2.75) is 13.5 Å². The smallest absolute Gasteiger partial charge is 0.261 e. The summed E-state index contributed by atoms with van der Waals surface area (Å²) in [4.78, 5) is 0. The molecular weight excluding hydrogens is 222 g/mol. The second-order valence-corrected chi connectivity index (χ2v) is 4.20. The molecule has 86 valence electrons. The molecule has 0 aromatic heterocycles. The minimum atomic E-state index is -2.02. The first-order chi connectivity index (χ1) is 7.65. The Morgan fingerprint density at radius 3 is 2.62 bits per heavy atom. The molecule has 0 spiro atoms. The monoisotopic (exact) mass is 237 g/mol. The zero-order chi connectivity index (χ0) is 12.0. The Balaban J connectivity index is 2.85. The van der Waals surface area contributed by atoms with Crippen LogP contribution in [-0.4, -0.2) is 13.1 Å². The predicted molar refractivity (Wildman–Crippen MR) is 66.7 cm³/mol. The van der Waals surface area contributed by atoms with Crippen LogP contribution in [0.3, 0.4) is 0 Å². The first kappa shape index (κ1) is 12.7. The summed E-state index contributed by atoms with van der Waals surface area (Å²) in [7, 11) is 0. The predicted octanol–water partition coefficient (Wildman–Crippen LogP) is 2.72. The number of rotatable bonds is 5. The van der Waals surface area contributed by atoms with Gasteiger partial charge in [0, 0.05) is 5.70 Å². The highest BCUT2D eigenvalue weighted by Crippen LogP contribution is 2.12. The summed E-state index contributed by atoms with van der Waals surface area (Å²) in [6.07, 6.45) is 3.30. The molecule has 1 rings (SSSR count). The van der Waals surface area contributed by atoms with Crippen LogP contribution < -0.4 is 0 Å². The molecule has 1 aromatic carbocycles. The zero-order valence-electron chi connectivity index (χ0n) is 9.17. The molecule has 3 nitrogen and oxygen atoms in total. The minimum absolute atomic E-state index is 0.403. The first-order valence-electron chi connectivity index (χ1n) is 4.87. The normalized spacial score (nSPS) is 13.2. The van der Waals surface area contributed by atoms with E-state index in [-0.39, 0.29) is 0 Å². The average Bonchev–Trinajstić information content (AvgIpc) is 2.27. The fourth-order valence-electron chi connectivity index (χ4n) is 1.31. The molecule has 1 atom stereocenters. The van der Waals surface area contributed by atoms with Gasteiger partial charge in [-0.05, 0) is 18.6 Å². The number of nitrogens with zero attached hydrogens (tertiary/aromatic N) is 1. The Hall–Kier alpha value is -1.39. The summed E-state index contributed by atoms with van der Waals surface area (Å²) in [5, 5.41) is 0. The first-order valence-corrected chi connectivity index (χ1v) is 5.93. The van der Waals surface area contributed by atoms with Gasteiger partial charge in [0.25, 0.3) is 11.3 Å². The van der Waals surface area contributed by atoms with E-state index in [9.17, 15) is 8.76 Å². The maximum absolute atomic E-state index is 11.2. The summed E-state index contributed by atoms with van der Waals surface area (Å²) in [6.45, 7) is 5.75. The third-order valence-electron chi connectivity index (χ3n) is 2.11. The maximum atomic E-state index is 11.2. The van der Waals surface area contributed by atoms with Crippen LogP contribution in [-0.2, 0) is 17.8 Å². The van der Waals surface area contributed by atoms with Crippen molar-refractivity contribution in [2.75, 3.05) is 0 Å². The van der Waals surface area contributed by atoms with Crippen LogP contribution in [0.4, 0.5) is 0 Å². The van der Waals surface area contributed by atoms with Crippen molar-refractivity contribution in [2.24, 2.45) is 0 Å². The van der Waals surface area contributed by atoms with Crippen LogP contribution in [0, 0.1) is 0 Å². The van der Waals surface area contributed by atoms with E-state index in [1.165, 1.54) is 4.31 Å². The van der Waals surface area contributed by atoms with E-state index >= 15 is 0 Å². The van der Waals surface area contributed by atoms with Crippen LogP contribution in [0.5, 0.6) is 0 Å². The number of allylic oxidation sites excluding steroid dienone is 3. The lowest BCUT2D eigenvalue weighted by Crippen LogP contribution is -2.23. The summed E-state index contributed by atoms with van der Waals surface area (Å²) in [6, 6.07) is 9.55. The van der Waals surface area contributed by atoms with Crippen molar-refractivity contribution in [1.29, 1.82) is 0 Å². The van der Waals surface area contributed by atoms with Crippen molar-refractivity contribution in [3.8, 4) is 0 Å². The molecule has 0 bridgehead atoms.